The monoisotopic (exact) mass is 397 g/mol. The molecule has 0 heterocycles. The van der Waals surface area contributed by atoms with Crippen molar-refractivity contribution in [3.8, 4) is 0 Å². The van der Waals surface area contributed by atoms with Gasteiger partial charge in [-0.25, -0.2) is 0 Å². The Morgan fingerprint density at radius 3 is 1.93 bits per heavy atom. The summed E-state index contributed by atoms with van der Waals surface area (Å²) in [6.45, 7) is 2.27. The van der Waals surface area contributed by atoms with Crippen molar-refractivity contribution in [2.75, 3.05) is 0 Å². The molecular formula is C27H43NO. The molecule has 1 aliphatic rings. The fourth-order valence-electron chi connectivity index (χ4n) is 4.32. The lowest BCUT2D eigenvalue weighted by Crippen LogP contribution is -2.35. The SMILES string of the molecule is CCCCCCCC/C=C\CCCCCCCC(=O)NC1Cc2ccccc2C1. The van der Waals surface area contributed by atoms with Crippen LogP contribution < -0.4 is 5.32 Å². The molecule has 2 heteroatoms. The maximum absolute atomic E-state index is 12.2. The Morgan fingerprint density at radius 2 is 1.34 bits per heavy atom. The molecule has 0 unspecified atom stereocenters. The van der Waals surface area contributed by atoms with Crippen molar-refractivity contribution in [2.45, 2.75) is 116 Å². The third-order valence-corrected chi connectivity index (χ3v) is 6.08. The zero-order chi connectivity index (χ0) is 20.6. The van der Waals surface area contributed by atoms with E-state index in [1.807, 2.05) is 0 Å². The Morgan fingerprint density at radius 1 is 0.828 bits per heavy atom. The second kappa shape index (κ2) is 15.3. The number of nitrogens with one attached hydrogen (secondary N) is 1. The standard InChI is InChI=1S/C27H43NO/c1-2-3-4-5-6-7-8-9-10-11-12-13-14-15-16-21-27(29)28-26-22-24-19-17-18-20-25(24)23-26/h9-10,17-20,26H,2-8,11-16,21-23H2,1H3,(H,28,29)/b10-9-. The summed E-state index contributed by atoms with van der Waals surface area (Å²) in [5.41, 5.74) is 2.80. The summed E-state index contributed by atoms with van der Waals surface area (Å²) in [6.07, 6.45) is 24.3. The second-order valence-corrected chi connectivity index (χ2v) is 8.78. The lowest BCUT2D eigenvalue weighted by atomic mass is 10.1. The molecule has 2 nitrogen and oxygen atoms in total. The minimum Gasteiger partial charge on any atom is -0.353 e. The van der Waals surface area contributed by atoms with Gasteiger partial charge in [0.15, 0.2) is 0 Å². The molecule has 0 saturated carbocycles. The van der Waals surface area contributed by atoms with E-state index in [0.29, 0.717) is 12.5 Å². The Kier molecular flexibility index (Phi) is 12.5. The Balaban J connectivity index is 1.35. The summed E-state index contributed by atoms with van der Waals surface area (Å²) in [7, 11) is 0. The van der Waals surface area contributed by atoms with Gasteiger partial charge >= 0.3 is 0 Å². The van der Waals surface area contributed by atoms with E-state index < -0.39 is 0 Å². The van der Waals surface area contributed by atoms with Crippen LogP contribution in [0.1, 0.15) is 108 Å². The number of rotatable bonds is 16. The van der Waals surface area contributed by atoms with E-state index in [9.17, 15) is 4.79 Å². The molecular weight excluding hydrogens is 354 g/mol. The molecule has 0 spiro atoms. The van der Waals surface area contributed by atoms with Gasteiger partial charge in [0.25, 0.3) is 0 Å². The van der Waals surface area contributed by atoms with Gasteiger partial charge in [-0.1, -0.05) is 94.7 Å². The van der Waals surface area contributed by atoms with Crippen molar-refractivity contribution in [2.24, 2.45) is 0 Å². The molecule has 1 aromatic carbocycles. The van der Waals surface area contributed by atoms with E-state index in [0.717, 1.165) is 19.3 Å². The number of fused-ring (bicyclic) bond motifs is 1. The normalized spacial score (nSPS) is 13.8. The number of benzene rings is 1. The maximum Gasteiger partial charge on any atom is 0.220 e. The van der Waals surface area contributed by atoms with E-state index in [1.54, 1.807) is 0 Å². The van der Waals surface area contributed by atoms with E-state index in [4.69, 9.17) is 0 Å². The minimum atomic E-state index is 0.237. The first-order valence-electron chi connectivity index (χ1n) is 12.3. The fraction of sp³-hybridized carbons (Fsp3) is 0.667. The molecule has 0 aliphatic heterocycles. The number of carbonyl (C=O) groups excluding carboxylic acids is 1. The molecule has 1 aliphatic carbocycles. The highest BCUT2D eigenvalue weighted by atomic mass is 16.1. The van der Waals surface area contributed by atoms with Crippen molar-refractivity contribution in [3.05, 3.63) is 47.5 Å². The molecule has 0 aromatic heterocycles. The van der Waals surface area contributed by atoms with Gasteiger partial charge in [-0.3, -0.25) is 4.79 Å². The highest BCUT2D eigenvalue weighted by molar-refractivity contribution is 5.76. The van der Waals surface area contributed by atoms with Crippen LogP contribution in [0.4, 0.5) is 0 Å². The van der Waals surface area contributed by atoms with Crippen molar-refractivity contribution < 1.29 is 4.79 Å². The smallest absolute Gasteiger partial charge is 0.220 e. The Bertz CT molecular complexity index is 567. The maximum atomic E-state index is 12.2. The Hall–Kier alpha value is -1.57. The zero-order valence-corrected chi connectivity index (χ0v) is 18.8. The van der Waals surface area contributed by atoms with Gasteiger partial charge in [0.2, 0.25) is 5.91 Å². The molecule has 1 aromatic rings. The number of hydrogen-bond donors (Lipinski definition) is 1. The number of amides is 1. The predicted octanol–water partition coefficient (Wildman–Crippen LogP) is 7.31. The molecule has 0 atom stereocenters. The number of allylic oxidation sites excluding steroid dienone is 2. The summed E-state index contributed by atoms with van der Waals surface area (Å²) in [6, 6.07) is 8.86. The lowest BCUT2D eigenvalue weighted by Gasteiger charge is -2.11. The molecule has 162 valence electrons. The summed E-state index contributed by atoms with van der Waals surface area (Å²) >= 11 is 0. The average Bonchev–Trinajstić information content (AvgIpc) is 3.13. The molecule has 2 rings (SSSR count). The van der Waals surface area contributed by atoms with Crippen LogP contribution in [0.5, 0.6) is 0 Å². The van der Waals surface area contributed by atoms with Gasteiger partial charge in [0, 0.05) is 12.5 Å². The number of carbonyl (C=O) groups is 1. The molecule has 1 N–H and O–H groups in total. The Labute approximate surface area is 179 Å². The van der Waals surface area contributed by atoms with E-state index in [-0.39, 0.29) is 5.91 Å². The first-order valence-corrected chi connectivity index (χ1v) is 12.3. The largest absolute Gasteiger partial charge is 0.353 e. The number of hydrogen-bond acceptors (Lipinski definition) is 1. The van der Waals surface area contributed by atoms with Crippen LogP contribution in [0.2, 0.25) is 0 Å². The molecule has 1 amide bonds. The van der Waals surface area contributed by atoms with Gasteiger partial charge in [-0.2, -0.15) is 0 Å². The lowest BCUT2D eigenvalue weighted by molar-refractivity contribution is -0.121. The fourth-order valence-corrected chi connectivity index (χ4v) is 4.32. The second-order valence-electron chi connectivity index (χ2n) is 8.78. The van der Waals surface area contributed by atoms with Crippen LogP contribution in [0.3, 0.4) is 0 Å². The van der Waals surface area contributed by atoms with Gasteiger partial charge < -0.3 is 5.32 Å². The quantitative estimate of drug-likeness (QED) is 0.230. The van der Waals surface area contributed by atoms with Crippen molar-refractivity contribution in [3.63, 3.8) is 0 Å². The minimum absolute atomic E-state index is 0.237. The topological polar surface area (TPSA) is 29.1 Å². The summed E-state index contributed by atoms with van der Waals surface area (Å²) in [4.78, 5) is 12.2. The van der Waals surface area contributed by atoms with E-state index in [2.05, 4.69) is 48.7 Å². The van der Waals surface area contributed by atoms with Crippen LogP contribution in [-0.2, 0) is 17.6 Å². The van der Waals surface area contributed by atoms with Crippen LogP contribution >= 0.6 is 0 Å². The first kappa shape index (κ1) is 23.7. The summed E-state index contributed by atoms with van der Waals surface area (Å²) in [5.74, 6) is 0.237. The molecule has 0 saturated heterocycles. The summed E-state index contributed by atoms with van der Waals surface area (Å²) < 4.78 is 0. The highest BCUT2D eigenvalue weighted by Gasteiger charge is 2.21. The molecule has 29 heavy (non-hydrogen) atoms. The third-order valence-electron chi connectivity index (χ3n) is 6.08. The first-order chi connectivity index (χ1) is 14.3. The van der Waals surface area contributed by atoms with Gasteiger partial charge in [0.05, 0.1) is 0 Å². The van der Waals surface area contributed by atoms with Crippen molar-refractivity contribution >= 4 is 5.91 Å². The number of unbranched alkanes of at least 4 members (excludes halogenated alkanes) is 11. The zero-order valence-electron chi connectivity index (χ0n) is 18.8. The van der Waals surface area contributed by atoms with Crippen LogP contribution in [0.15, 0.2) is 36.4 Å². The van der Waals surface area contributed by atoms with Gasteiger partial charge in [-0.15, -0.1) is 0 Å². The van der Waals surface area contributed by atoms with Crippen LogP contribution in [-0.4, -0.2) is 11.9 Å². The van der Waals surface area contributed by atoms with Crippen molar-refractivity contribution in [1.82, 2.24) is 5.32 Å². The molecule has 0 radical (unpaired) electrons. The molecule has 0 fully saturated rings. The predicted molar refractivity (Wildman–Crippen MR) is 125 cm³/mol. The highest BCUT2D eigenvalue weighted by Crippen LogP contribution is 2.21. The van der Waals surface area contributed by atoms with Gasteiger partial charge in [0.1, 0.15) is 0 Å². The van der Waals surface area contributed by atoms with Gasteiger partial charge in [-0.05, 0) is 56.1 Å². The van der Waals surface area contributed by atoms with Crippen molar-refractivity contribution in [1.29, 1.82) is 0 Å². The van der Waals surface area contributed by atoms with Crippen LogP contribution in [0, 0.1) is 0 Å². The van der Waals surface area contributed by atoms with E-state index >= 15 is 0 Å². The molecule has 0 bridgehead atoms. The van der Waals surface area contributed by atoms with Crippen LogP contribution in [0.25, 0.3) is 0 Å². The average molecular weight is 398 g/mol. The third kappa shape index (κ3) is 10.7. The summed E-state index contributed by atoms with van der Waals surface area (Å²) in [5, 5.41) is 3.23. The van der Waals surface area contributed by atoms with E-state index in [1.165, 1.54) is 88.2 Å².